The summed E-state index contributed by atoms with van der Waals surface area (Å²) in [4.78, 5) is 0. The van der Waals surface area contributed by atoms with Crippen molar-refractivity contribution in [1.29, 1.82) is 0 Å². The van der Waals surface area contributed by atoms with E-state index in [2.05, 4.69) is 41.8 Å². The molecule has 2 rings (SSSR count). The van der Waals surface area contributed by atoms with E-state index in [1.54, 1.807) is 0 Å². The SMILES string of the molecule is Cc1ccc(CSCCNC(=S)Nc2ccc(OC(C)C)cc2)cc1. The van der Waals surface area contributed by atoms with Gasteiger partial charge < -0.3 is 15.4 Å². The molecule has 2 aromatic rings. The van der Waals surface area contributed by atoms with Gasteiger partial charge in [-0.2, -0.15) is 11.8 Å². The fraction of sp³-hybridized carbons (Fsp3) is 0.350. The lowest BCUT2D eigenvalue weighted by Crippen LogP contribution is -2.30. The number of rotatable bonds is 8. The third-order valence-electron chi connectivity index (χ3n) is 3.41. The molecule has 0 fully saturated rings. The molecule has 2 N–H and O–H groups in total. The Kier molecular flexibility index (Phi) is 8.09. The first kappa shape index (κ1) is 19.6. The zero-order valence-electron chi connectivity index (χ0n) is 15.0. The Morgan fingerprint density at radius 2 is 1.76 bits per heavy atom. The maximum Gasteiger partial charge on any atom is 0.170 e. The van der Waals surface area contributed by atoms with Gasteiger partial charge in [0.15, 0.2) is 5.11 Å². The first-order valence-corrected chi connectivity index (χ1v) is 10.0. The van der Waals surface area contributed by atoms with Gasteiger partial charge in [0, 0.05) is 23.7 Å². The van der Waals surface area contributed by atoms with Crippen LogP contribution in [0.1, 0.15) is 25.0 Å². The minimum absolute atomic E-state index is 0.180. The van der Waals surface area contributed by atoms with Gasteiger partial charge in [0.05, 0.1) is 6.10 Å². The highest BCUT2D eigenvalue weighted by Crippen LogP contribution is 2.17. The standard InChI is InChI=1S/C20H26N2OS2/c1-15(2)23-19-10-8-18(9-11-19)22-20(24)21-12-13-25-14-17-6-4-16(3)5-7-17/h4-11,15H,12-14H2,1-3H3,(H2,21,22,24). The molecule has 0 amide bonds. The maximum atomic E-state index is 5.63. The molecule has 0 saturated heterocycles. The fourth-order valence-electron chi connectivity index (χ4n) is 2.18. The number of anilines is 1. The zero-order valence-corrected chi connectivity index (χ0v) is 16.7. The predicted octanol–water partition coefficient (Wildman–Crippen LogP) is 5.00. The summed E-state index contributed by atoms with van der Waals surface area (Å²) in [6, 6.07) is 16.5. The molecule has 0 aliphatic rings. The molecule has 0 unspecified atom stereocenters. The number of ether oxygens (including phenoxy) is 1. The molecule has 0 atom stereocenters. The molecule has 0 heterocycles. The van der Waals surface area contributed by atoms with E-state index in [0.717, 1.165) is 29.5 Å². The van der Waals surface area contributed by atoms with Crippen molar-refractivity contribution < 1.29 is 4.74 Å². The molecule has 0 aliphatic carbocycles. The van der Waals surface area contributed by atoms with Crippen LogP contribution in [0.25, 0.3) is 0 Å². The van der Waals surface area contributed by atoms with Crippen LogP contribution in [0.2, 0.25) is 0 Å². The third kappa shape index (κ3) is 7.80. The summed E-state index contributed by atoms with van der Waals surface area (Å²) in [6.45, 7) is 6.99. The highest BCUT2D eigenvalue weighted by Gasteiger charge is 2.00. The molecule has 0 radical (unpaired) electrons. The molecule has 0 aliphatic heterocycles. The largest absolute Gasteiger partial charge is 0.491 e. The van der Waals surface area contributed by atoms with Gasteiger partial charge in [0.2, 0.25) is 0 Å². The third-order valence-corrected chi connectivity index (χ3v) is 4.68. The maximum absolute atomic E-state index is 5.63. The molecular weight excluding hydrogens is 348 g/mol. The lowest BCUT2D eigenvalue weighted by molar-refractivity contribution is 0.242. The number of benzene rings is 2. The molecule has 25 heavy (non-hydrogen) atoms. The predicted molar refractivity (Wildman–Crippen MR) is 114 cm³/mol. The van der Waals surface area contributed by atoms with E-state index in [0.29, 0.717) is 5.11 Å². The Morgan fingerprint density at radius 3 is 2.40 bits per heavy atom. The number of hydrogen-bond acceptors (Lipinski definition) is 3. The van der Waals surface area contributed by atoms with Crippen LogP contribution < -0.4 is 15.4 Å². The summed E-state index contributed by atoms with van der Waals surface area (Å²) >= 11 is 7.24. The van der Waals surface area contributed by atoms with E-state index < -0.39 is 0 Å². The van der Waals surface area contributed by atoms with Crippen molar-refractivity contribution in [1.82, 2.24) is 5.32 Å². The van der Waals surface area contributed by atoms with Crippen LogP contribution >= 0.6 is 24.0 Å². The molecule has 0 spiro atoms. The summed E-state index contributed by atoms with van der Waals surface area (Å²) in [5.41, 5.74) is 3.62. The number of thioether (sulfide) groups is 1. The second-order valence-electron chi connectivity index (χ2n) is 6.11. The van der Waals surface area contributed by atoms with Crippen molar-refractivity contribution in [2.75, 3.05) is 17.6 Å². The topological polar surface area (TPSA) is 33.3 Å². The molecule has 0 bridgehead atoms. The Labute approximate surface area is 160 Å². The van der Waals surface area contributed by atoms with E-state index in [1.165, 1.54) is 11.1 Å². The van der Waals surface area contributed by atoms with E-state index >= 15 is 0 Å². The lowest BCUT2D eigenvalue weighted by Gasteiger charge is -2.12. The van der Waals surface area contributed by atoms with Gasteiger partial charge in [-0.15, -0.1) is 0 Å². The van der Waals surface area contributed by atoms with Crippen molar-refractivity contribution in [2.24, 2.45) is 0 Å². The summed E-state index contributed by atoms with van der Waals surface area (Å²) in [5, 5.41) is 7.08. The monoisotopic (exact) mass is 374 g/mol. The first-order valence-electron chi connectivity index (χ1n) is 8.48. The lowest BCUT2D eigenvalue weighted by atomic mass is 10.2. The summed E-state index contributed by atoms with van der Waals surface area (Å²) in [7, 11) is 0. The van der Waals surface area contributed by atoms with Crippen LogP contribution in [0.3, 0.4) is 0 Å². The zero-order chi connectivity index (χ0) is 18.1. The van der Waals surface area contributed by atoms with Gasteiger partial charge >= 0.3 is 0 Å². The van der Waals surface area contributed by atoms with Crippen LogP contribution in [-0.2, 0) is 5.75 Å². The average molecular weight is 375 g/mol. The highest BCUT2D eigenvalue weighted by molar-refractivity contribution is 7.98. The Morgan fingerprint density at radius 1 is 1.08 bits per heavy atom. The molecule has 0 aromatic heterocycles. The van der Waals surface area contributed by atoms with Gasteiger partial charge in [-0.3, -0.25) is 0 Å². The number of thiocarbonyl (C=S) groups is 1. The minimum Gasteiger partial charge on any atom is -0.491 e. The van der Waals surface area contributed by atoms with Crippen molar-refractivity contribution in [3.63, 3.8) is 0 Å². The molecular formula is C20H26N2OS2. The van der Waals surface area contributed by atoms with Crippen LogP contribution in [-0.4, -0.2) is 23.5 Å². The van der Waals surface area contributed by atoms with E-state index in [1.807, 2.05) is 49.9 Å². The second kappa shape index (κ2) is 10.3. The smallest absolute Gasteiger partial charge is 0.170 e. The van der Waals surface area contributed by atoms with Crippen LogP contribution in [0.15, 0.2) is 48.5 Å². The first-order chi connectivity index (χ1) is 12.0. The average Bonchev–Trinajstić information content (AvgIpc) is 2.57. The van der Waals surface area contributed by atoms with Gasteiger partial charge in [-0.05, 0) is 62.8 Å². The molecule has 3 nitrogen and oxygen atoms in total. The van der Waals surface area contributed by atoms with Gasteiger partial charge in [-0.1, -0.05) is 29.8 Å². The Bertz CT molecular complexity index is 654. The van der Waals surface area contributed by atoms with Crippen molar-refractivity contribution in [3.8, 4) is 5.75 Å². The number of nitrogens with one attached hydrogen (secondary N) is 2. The van der Waals surface area contributed by atoms with Crippen molar-refractivity contribution in [2.45, 2.75) is 32.6 Å². The number of hydrogen-bond donors (Lipinski definition) is 2. The van der Waals surface area contributed by atoms with E-state index in [-0.39, 0.29) is 6.10 Å². The van der Waals surface area contributed by atoms with Crippen LogP contribution in [0.5, 0.6) is 5.75 Å². The summed E-state index contributed by atoms with van der Waals surface area (Å²) in [5.74, 6) is 2.91. The van der Waals surface area contributed by atoms with Crippen LogP contribution in [0.4, 0.5) is 5.69 Å². The van der Waals surface area contributed by atoms with Gasteiger partial charge in [0.25, 0.3) is 0 Å². The fourth-order valence-corrected chi connectivity index (χ4v) is 3.21. The van der Waals surface area contributed by atoms with Crippen molar-refractivity contribution >= 4 is 34.8 Å². The molecule has 134 valence electrons. The van der Waals surface area contributed by atoms with Crippen LogP contribution in [0, 0.1) is 6.92 Å². The molecule has 2 aromatic carbocycles. The quantitative estimate of drug-likeness (QED) is 0.502. The Balaban J connectivity index is 1.62. The summed E-state index contributed by atoms with van der Waals surface area (Å²) in [6.07, 6.45) is 0.180. The van der Waals surface area contributed by atoms with Crippen molar-refractivity contribution in [3.05, 3.63) is 59.7 Å². The number of aryl methyl sites for hydroxylation is 1. The van der Waals surface area contributed by atoms with E-state index in [9.17, 15) is 0 Å². The minimum atomic E-state index is 0.180. The molecule has 0 saturated carbocycles. The van der Waals surface area contributed by atoms with Gasteiger partial charge in [0.1, 0.15) is 5.75 Å². The normalized spacial score (nSPS) is 10.6. The van der Waals surface area contributed by atoms with E-state index in [4.69, 9.17) is 17.0 Å². The second-order valence-corrected chi connectivity index (χ2v) is 7.62. The molecule has 5 heteroatoms. The Hall–Kier alpha value is -1.72. The van der Waals surface area contributed by atoms with Gasteiger partial charge in [-0.25, -0.2) is 0 Å². The summed E-state index contributed by atoms with van der Waals surface area (Å²) < 4.78 is 5.63. The highest BCUT2D eigenvalue weighted by atomic mass is 32.2.